The Hall–Kier alpha value is -1.84. The predicted octanol–water partition coefficient (Wildman–Crippen LogP) is 4.02. The molecule has 1 aliphatic rings. The molecule has 0 unspecified atom stereocenters. The van der Waals surface area contributed by atoms with Gasteiger partial charge in [0.2, 0.25) is 15.9 Å². The van der Waals surface area contributed by atoms with Crippen molar-refractivity contribution in [2.24, 2.45) is 0 Å². The minimum Gasteiger partial charge on any atom is -0.444 e. The van der Waals surface area contributed by atoms with E-state index in [1.54, 1.807) is 26.8 Å². The molecule has 3 rings (SSSR count). The van der Waals surface area contributed by atoms with E-state index in [0.717, 1.165) is 0 Å². The lowest BCUT2D eigenvalue weighted by molar-refractivity contribution is 0.0192. The van der Waals surface area contributed by atoms with Crippen molar-refractivity contribution in [2.75, 3.05) is 26.2 Å². The molecule has 2 aromatic rings. The highest BCUT2D eigenvalue weighted by atomic mass is 35.5. The molecule has 1 amide bonds. The monoisotopic (exact) mass is 457 g/mol. The molecule has 0 radical (unpaired) electrons. The highest BCUT2D eigenvalue weighted by Gasteiger charge is 2.36. The van der Waals surface area contributed by atoms with Crippen molar-refractivity contribution < 1.29 is 22.4 Å². The number of benzene rings is 1. The molecule has 1 aromatic heterocycles. The number of hydrogen-bond acceptors (Lipinski definition) is 6. The highest BCUT2D eigenvalue weighted by molar-refractivity contribution is 7.89. The Balaban J connectivity index is 1.88. The Kier molecular flexibility index (Phi) is 5.85. The van der Waals surface area contributed by atoms with Gasteiger partial charge in [-0.3, -0.25) is 0 Å². The van der Waals surface area contributed by atoms with Crippen LogP contribution in [0.2, 0.25) is 5.02 Å². The van der Waals surface area contributed by atoms with E-state index in [4.69, 9.17) is 20.8 Å². The summed E-state index contributed by atoms with van der Waals surface area (Å²) in [6.07, 6.45) is -0.454. The van der Waals surface area contributed by atoms with Crippen molar-refractivity contribution in [1.29, 1.82) is 0 Å². The van der Waals surface area contributed by atoms with E-state index in [9.17, 15) is 13.2 Å². The molecule has 0 atom stereocenters. The van der Waals surface area contributed by atoms with E-state index >= 15 is 0 Å². The first-order valence-electron chi connectivity index (χ1n) is 9.78. The van der Waals surface area contributed by atoms with Crippen LogP contribution in [-0.2, 0) is 20.2 Å². The summed E-state index contributed by atoms with van der Waals surface area (Å²) in [5.74, 6) is 0.436. The SMILES string of the molecule is CC(C)(C)OC(=O)N1CCN(S(=O)(=O)c2c(Cl)ccc3nc(C(C)(C)C)oc23)CC1. The number of sulfonamides is 1. The predicted molar refractivity (Wildman–Crippen MR) is 114 cm³/mol. The van der Waals surface area contributed by atoms with Crippen LogP contribution in [0.5, 0.6) is 0 Å². The Labute approximate surface area is 182 Å². The summed E-state index contributed by atoms with van der Waals surface area (Å²) >= 11 is 6.30. The van der Waals surface area contributed by atoms with Crippen LogP contribution in [0.25, 0.3) is 11.1 Å². The Morgan fingerprint density at radius 1 is 1.10 bits per heavy atom. The number of hydrogen-bond donors (Lipinski definition) is 0. The van der Waals surface area contributed by atoms with Crippen LogP contribution in [0.15, 0.2) is 21.4 Å². The summed E-state index contributed by atoms with van der Waals surface area (Å²) in [5, 5.41) is 0.0775. The molecule has 0 bridgehead atoms. The fourth-order valence-corrected chi connectivity index (χ4v) is 5.11. The summed E-state index contributed by atoms with van der Waals surface area (Å²) in [4.78, 5) is 18.1. The summed E-state index contributed by atoms with van der Waals surface area (Å²) in [7, 11) is -3.95. The van der Waals surface area contributed by atoms with E-state index in [1.807, 2.05) is 20.8 Å². The summed E-state index contributed by atoms with van der Waals surface area (Å²) < 4.78 is 39.3. The smallest absolute Gasteiger partial charge is 0.410 e. The molecule has 0 spiro atoms. The minimum atomic E-state index is -3.95. The molecule has 1 aromatic carbocycles. The average molecular weight is 458 g/mol. The maximum absolute atomic E-state index is 13.4. The van der Waals surface area contributed by atoms with Crippen molar-refractivity contribution in [3.05, 3.63) is 23.0 Å². The number of carbonyl (C=O) groups excluding carboxylic acids is 1. The van der Waals surface area contributed by atoms with E-state index in [2.05, 4.69) is 4.98 Å². The number of fused-ring (bicyclic) bond motifs is 1. The Bertz CT molecular complexity index is 1060. The summed E-state index contributed by atoms with van der Waals surface area (Å²) in [6.45, 7) is 11.9. The number of rotatable bonds is 2. The third-order valence-electron chi connectivity index (χ3n) is 4.59. The zero-order valence-corrected chi connectivity index (χ0v) is 19.7. The van der Waals surface area contributed by atoms with Gasteiger partial charge < -0.3 is 14.1 Å². The fraction of sp³-hybridized carbons (Fsp3) is 0.600. The van der Waals surface area contributed by atoms with Gasteiger partial charge in [0.25, 0.3) is 0 Å². The number of ether oxygens (including phenoxy) is 1. The van der Waals surface area contributed by atoms with Crippen LogP contribution in [0, 0.1) is 0 Å². The lowest BCUT2D eigenvalue weighted by Crippen LogP contribution is -2.51. The normalized spacial score (nSPS) is 16.8. The average Bonchev–Trinajstić information content (AvgIpc) is 3.04. The Morgan fingerprint density at radius 3 is 2.23 bits per heavy atom. The number of aromatic nitrogens is 1. The molecule has 30 heavy (non-hydrogen) atoms. The van der Waals surface area contributed by atoms with Crippen molar-refractivity contribution >= 4 is 38.8 Å². The maximum Gasteiger partial charge on any atom is 0.410 e. The molecule has 1 fully saturated rings. The summed E-state index contributed by atoms with van der Waals surface area (Å²) in [5.41, 5.74) is -0.399. The number of oxazole rings is 1. The van der Waals surface area contributed by atoms with E-state index in [0.29, 0.717) is 11.4 Å². The minimum absolute atomic E-state index is 0.0775. The third-order valence-corrected chi connectivity index (χ3v) is 6.99. The molecule has 1 saturated heterocycles. The van der Waals surface area contributed by atoms with Crippen LogP contribution in [0.4, 0.5) is 4.79 Å². The van der Waals surface area contributed by atoms with Gasteiger partial charge in [0.1, 0.15) is 16.0 Å². The number of carbonyl (C=O) groups is 1. The molecule has 8 nitrogen and oxygen atoms in total. The van der Waals surface area contributed by atoms with Crippen molar-refractivity contribution in [1.82, 2.24) is 14.2 Å². The van der Waals surface area contributed by atoms with Gasteiger partial charge in [0, 0.05) is 31.6 Å². The van der Waals surface area contributed by atoms with E-state index < -0.39 is 21.7 Å². The maximum atomic E-state index is 13.4. The van der Waals surface area contributed by atoms with Gasteiger partial charge in [0.15, 0.2) is 5.58 Å². The summed E-state index contributed by atoms with van der Waals surface area (Å²) in [6, 6.07) is 3.17. The number of halogens is 1. The van der Waals surface area contributed by atoms with Gasteiger partial charge in [-0.25, -0.2) is 18.2 Å². The molecule has 0 saturated carbocycles. The molecule has 166 valence electrons. The largest absolute Gasteiger partial charge is 0.444 e. The quantitative estimate of drug-likeness (QED) is 0.676. The third kappa shape index (κ3) is 4.58. The zero-order valence-electron chi connectivity index (χ0n) is 18.2. The second kappa shape index (κ2) is 7.69. The van der Waals surface area contributed by atoms with Crippen molar-refractivity contribution in [2.45, 2.75) is 57.5 Å². The molecular weight excluding hydrogens is 430 g/mol. The second-order valence-corrected chi connectivity index (χ2v) is 11.6. The standard InChI is InChI=1S/C20H28ClN3O5S/c1-19(2,3)17-22-14-8-7-13(21)16(15(14)28-17)30(26,27)24-11-9-23(10-12-24)18(25)29-20(4,5)6/h7-8H,9-12H2,1-6H3. The van der Waals surface area contributed by atoms with Gasteiger partial charge in [-0.15, -0.1) is 0 Å². The van der Waals surface area contributed by atoms with Crippen LogP contribution in [0.3, 0.4) is 0 Å². The zero-order chi connectivity index (χ0) is 22.5. The molecule has 0 aliphatic carbocycles. The van der Waals surface area contributed by atoms with E-state index in [1.165, 1.54) is 15.3 Å². The van der Waals surface area contributed by atoms with Crippen LogP contribution in [0.1, 0.15) is 47.4 Å². The van der Waals surface area contributed by atoms with Crippen molar-refractivity contribution in [3.63, 3.8) is 0 Å². The first-order chi connectivity index (χ1) is 13.7. The van der Waals surface area contributed by atoms with Crippen LogP contribution in [-0.4, -0.2) is 60.5 Å². The second-order valence-electron chi connectivity index (χ2n) is 9.37. The molecule has 2 heterocycles. The first kappa shape index (κ1) is 22.8. The molecule has 10 heteroatoms. The highest BCUT2D eigenvalue weighted by Crippen LogP contribution is 2.35. The lowest BCUT2D eigenvalue weighted by atomic mass is 9.97. The van der Waals surface area contributed by atoms with Crippen LogP contribution < -0.4 is 0 Å². The van der Waals surface area contributed by atoms with Gasteiger partial charge >= 0.3 is 6.09 Å². The lowest BCUT2D eigenvalue weighted by Gasteiger charge is -2.35. The first-order valence-corrected chi connectivity index (χ1v) is 11.6. The van der Waals surface area contributed by atoms with E-state index in [-0.39, 0.29) is 47.1 Å². The van der Waals surface area contributed by atoms with Gasteiger partial charge in [0.05, 0.1) is 5.02 Å². The van der Waals surface area contributed by atoms with Gasteiger partial charge in [-0.05, 0) is 32.9 Å². The van der Waals surface area contributed by atoms with Gasteiger partial charge in [-0.1, -0.05) is 32.4 Å². The molecule has 0 N–H and O–H groups in total. The van der Waals surface area contributed by atoms with Crippen molar-refractivity contribution in [3.8, 4) is 0 Å². The fourth-order valence-electron chi connectivity index (χ4n) is 3.07. The molecule has 1 aliphatic heterocycles. The number of nitrogens with zero attached hydrogens (tertiary/aromatic N) is 3. The molecular formula is C20H28ClN3O5S. The Morgan fingerprint density at radius 2 is 1.70 bits per heavy atom. The van der Waals surface area contributed by atoms with Crippen LogP contribution >= 0.6 is 11.6 Å². The number of amides is 1. The number of piperazine rings is 1. The van der Waals surface area contributed by atoms with Gasteiger partial charge in [-0.2, -0.15) is 4.31 Å². The topological polar surface area (TPSA) is 93.0 Å².